The second-order valence-corrected chi connectivity index (χ2v) is 5.78. The van der Waals surface area contributed by atoms with Gasteiger partial charge in [-0.25, -0.2) is 0 Å². The van der Waals surface area contributed by atoms with E-state index >= 15 is 0 Å². The zero-order valence-corrected chi connectivity index (χ0v) is 11.5. The summed E-state index contributed by atoms with van der Waals surface area (Å²) in [7, 11) is 0. The van der Waals surface area contributed by atoms with Crippen molar-refractivity contribution in [1.29, 1.82) is 0 Å². The highest BCUT2D eigenvalue weighted by atomic mass is 16.2. The van der Waals surface area contributed by atoms with Gasteiger partial charge in [-0.2, -0.15) is 0 Å². The molecule has 2 unspecified atom stereocenters. The maximum absolute atomic E-state index is 11.4. The second kappa shape index (κ2) is 5.15. The second-order valence-electron chi connectivity index (χ2n) is 5.78. The minimum atomic E-state index is -0.612. The summed E-state index contributed by atoms with van der Waals surface area (Å²) in [6, 6.07) is 6.13. The van der Waals surface area contributed by atoms with Crippen LogP contribution in [0.3, 0.4) is 0 Å². The molecule has 1 aliphatic carbocycles. The molecule has 0 radical (unpaired) electrons. The Labute approximate surface area is 116 Å². The van der Waals surface area contributed by atoms with E-state index in [0.29, 0.717) is 17.1 Å². The third-order valence-corrected chi connectivity index (χ3v) is 4.03. The van der Waals surface area contributed by atoms with Gasteiger partial charge in [0.25, 0.3) is 0 Å². The van der Waals surface area contributed by atoms with E-state index in [1.54, 1.807) is 0 Å². The maximum atomic E-state index is 11.4. The molecule has 5 nitrogen and oxygen atoms in total. The monoisotopic (exact) mass is 273 g/mol. The van der Waals surface area contributed by atoms with Crippen molar-refractivity contribution in [3.8, 4) is 0 Å². The van der Waals surface area contributed by atoms with Crippen LogP contribution in [-0.2, 0) is 0 Å². The molecule has 1 aliphatic rings. The number of H-pyrrole nitrogens is 2. The first-order valence-electron chi connectivity index (χ1n) is 7.15. The molecule has 0 bridgehead atoms. The number of hydrogen-bond donors (Lipinski definition) is 3. The van der Waals surface area contributed by atoms with E-state index in [1.165, 1.54) is 25.7 Å². The van der Waals surface area contributed by atoms with Crippen LogP contribution >= 0.6 is 0 Å². The molecule has 1 fully saturated rings. The van der Waals surface area contributed by atoms with Gasteiger partial charge >= 0.3 is 11.1 Å². The van der Waals surface area contributed by atoms with Crippen LogP contribution in [0.1, 0.15) is 32.6 Å². The summed E-state index contributed by atoms with van der Waals surface area (Å²) in [5.74, 6) is 0.762. The highest BCUT2D eigenvalue weighted by Crippen LogP contribution is 2.26. The van der Waals surface area contributed by atoms with Crippen molar-refractivity contribution in [2.45, 2.75) is 38.6 Å². The third-order valence-electron chi connectivity index (χ3n) is 4.03. The predicted octanol–water partition coefficient (Wildman–Crippen LogP) is 2.21. The molecule has 0 saturated heterocycles. The molecule has 2 atom stereocenters. The van der Waals surface area contributed by atoms with Crippen molar-refractivity contribution in [1.82, 2.24) is 9.97 Å². The molecule has 1 saturated carbocycles. The van der Waals surface area contributed by atoms with E-state index in [9.17, 15) is 9.59 Å². The Balaban J connectivity index is 1.87. The minimum absolute atomic E-state index is 0.491. The van der Waals surface area contributed by atoms with Gasteiger partial charge in [0.15, 0.2) is 0 Å². The van der Waals surface area contributed by atoms with Crippen molar-refractivity contribution < 1.29 is 0 Å². The molecule has 106 valence electrons. The molecular formula is C15H19N3O2. The zero-order valence-electron chi connectivity index (χ0n) is 11.5. The van der Waals surface area contributed by atoms with Crippen molar-refractivity contribution in [3.63, 3.8) is 0 Å². The van der Waals surface area contributed by atoms with E-state index in [-0.39, 0.29) is 0 Å². The zero-order chi connectivity index (χ0) is 14.1. The molecule has 3 N–H and O–H groups in total. The summed E-state index contributed by atoms with van der Waals surface area (Å²) in [4.78, 5) is 27.8. The average Bonchev–Trinajstić information content (AvgIpc) is 2.40. The number of hydrogen-bond acceptors (Lipinski definition) is 3. The molecule has 1 heterocycles. The van der Waals surface area contributed by atoms with Crippen molar-refractivity contribution in [2.75, 3.05) is 5.32 Å². The summed E-state index contributed by atoms with van der Waals surface area (Å²) in [5, 5.41) is 3.52. The topological polar surface area (TPSA) is 77.8 Å². The lowest BCUT2D eigenvalue weighted by Crippen LogP contribution is -2.29. The number of aromatic amines is 2. The van der Waals surface area contributed by atoms with Crippen LogP contribution in [0, 0.1) is 5.92 Å². The van der Waals surface area contributed by atoms with E-state index in [0.717, 1.165) is 11.6 Å². The smallest absolute Gasteiger partial charge is 0.314 e. The molecule has 20 heavy (non-hydrogen) atoms. The highest BCUT2D eigenvalue weighted by Gasteiger charge is 2.18. The molecular weight excluding hydrogens is 254 g/mol. The van der Waals surface area contributed by atoms with Gasteiger partial charge in [-0.15, -0.1) is 0 Å². The first-order chi connectivity index (χ1) is 9.61. The Kier molecular flexibility index (Phi) is 3.34. The molecule has 2 aromatic rings. The molecule has 0 spiro atoms. The predicted molar refractivity (Wildman–Crippen MR) is 80.2 cm³/mol. The fourth-order valence-electron chi connectivity index (χ4n) is 3.01. The summed E-state index contributed by atoms with van der Waals surface area (Å²) in [5.41, 5.74) is 1.07. The minimum Gasteiger partial charge on any atom is -0.382 e. The largest absolute Gasteiger partial charge is 0.382 e. The molecule has 3 rings (SSSR count). The number of aromatic nitrogens is 2. The Morgan fingerprint density at radius 1 is 1.10 bits per heavy atom. The van der Waals surface area contributed by atoms with Gasteiger partial charge in [-0.05, 0) is 37.0 Å². The summed E-state index contributed by atoms with van der Waals surface area (Å²) < 4.78 is 0. The summed E-state index contributed by atoms with van der Waals surface area (Å²) in [6.45, 7) is 2.29. The Hall–Kier alpha value is -2.04. The molecule has 1 aromatic carbocycles. The number of nitrogens with one attached hydrogen (secondary N) is 3. The Bertz CT molecular complexity index is 732. The van der Waals surface area contributed by atoms with Crippen LogP contribution in [0.5, 0.6) is 0 Å². The number of fused-ring (bicyclic) bond motifs is 1. The SMILES string of the molecule is CC1CCCC(Nc2ccc3[nH]c(=O)c(=O)[nH]c3c2)C1. The van der Waals surface area contributed by atoms with Gasteiger partial charge < -0.3 is 15.3 Å². The van der Waals surface area contributed by atoms with Crippen LogP contribution in [0.25, 0.3) is 11.0 Å². The van der Waals surface area contributed by atoms with Crippen LogP contribution in [0.2, 0.25) is 0 Å². The van der Waals surface area contributed by atoms with Crippen LogP contribution in [0.4, 0.5) is 5.69 Å². The average molecular weight is 273 g/mol. The molecule has 1 aromatic heterocycles. The van der Waals surface area contributed by atoms with Gasteiger partial charge in [0.1, 0.15) is 0 Å². The van der Waals surface area contributed by atoms with Gasteiger partial charge in [0.05, 0.1) is 11.0 Å². The van der Waals surface area contributed by atoms with Gasteiger partial charge in [-0.1, -0.05) is 19.8 Å². The highest BCUT2D eigenvalue weighted by molar-refractivity contribution is 5.78. The summed E-state index contributed by atoms with van der Waals surface area (Å²) in [6.07, 6.45) is 4.94. The Morgan fingerprint density at radius 3 is 2.60 bits per heavy atom. The summed E-state index contributed by atoms with van der Waals surface area (Å²) >= 11 is 0. The van der Waals surface area contributed by atoms with Gasteiger partial charge in [0, 0.05) is 11.7 Å². The Morgan fingerprint density at radius 2 is 1.85 bits per heavy atom. The van der Waals surface area contributed by atoms with E-state index < -0.39 is 11.1 Å². The normalized spacial score (nSPS) is 22.9. The maximum Gasteiger partial charge on any atom is 0.314 e. The van der Waals surface area contributed by atoms with Gasteiger partial charge in [0.2, 0.25) is 0 Å². The molecule has 5 heteroatoms. The van der Waals surface area contributed by atoms with Crippen molar-refractivity contribution in [3.05, 3.63) is 38.9 Å². The van der Waals surface area contributed by atoms with Crippen molar-refractivity contribution >= 4 is 16.7 Å². The quantitative estimate of drug-likeness (QED) is 0.734. The number of anilines is 1. The standard InChI is InChI=1S/C15H19N3O2/c1-9-3-2-4-10(7-9)16-11-5-6-12-13(8-11)18-15(20)14(19)17-12/h5-6,8-10,16H,2-4,7H2,1H3,(H,17,19)(H,18,20). The molecule has 0 amide bonds. The number of rotatable bonds is 2. The number of benzene rings is 1. The van der Waals surface area contributed by atoms with Crippen LogP contribution in [-0.4, -0.2) is 16.0 Å². The van der Waals surface area contributed by atoms with E-state index in [2.05, 4.69) is 22.2 Å². The van der Waals surface area contributed by atoms with Crippen LogP contribution < -0.4 is 16.4 Å². The molecule has 0 aliphatic heterocycles. The first kappa shape index (κ1) is 13.0. The fourth-order valence-corrected chi connectivity index (χ4v) is 3.01. The first-order valence-corrected chi connectivity index (χ1v) is 7.15. The lowest BCUT2D eigenvalue weighted by Gasteiger charge is -2.28. The van der Waals surface area contributed by atoms with E-state index in [4.69, 9.17) is 0 Å². The van der Waals surface area contributed by atoms with Crippen LogP contribution in [0.15, 0.2) is 27.8 Å². The van der Waals surface area contributed by atoms with Crippen molar-refractivity contribution in [2.24, 2.45) is 5.92 Å². The lowest BCUT2D eigenvalue weighted by molar-refractivity contribution is 0.358. The van der Waals surface area contributed by atoms with E-state index in [1.807, 2.05) is 18.2 Å². The third kappa shape index (κ3) is 2.61. The fraction of sp³-hybridized carbons (Fsp3) is 0.467. The lowest BCUT2D eigenvalue weighted by atomic mass is 9.87. The van der Waals surface area contributed by atoms with Gasteiger partial charge in [-0.3, -0.25) is 9.59 Å².